The third-order valence-corrected chi connectivity index (χ3v) is 2.85. The van der Waals surface area contributed by atoms with Crippen LogP contribution < -0.4 is 5.32 Å². The number of nitrogens with one attached hydrogen (secondary N) is 1. The molecule has 0 saturated heterocycles. The van der Waals surface area contributed by atoms with Crippen LogP contribution in [0.15, 0.2) is 48.5 Å². The zero-order valence-corrected chi connectivity index (χ0v) is 11.9. The minimum absolute atomic E-state index is 0.0748. The number of halogens is 3. The largest absolute Gasteiger partial charge is 0.471 e. The molecule has 0 aliphatic carbocycles. The van der Waals surface area contributed by atoms with Crippen molar-refractivity contribution in [2.45, 2.75) is 6.18 Å². The average Bonchev–Trinajstić information content (AvgIpc) is 2.53. The normalized spacial score (nSPS) is 10.5. The average molecular weight is 334 g/mol. The number of rotatable bonds is 2. The first-order chi connectivity index (χ1) is 11.3. The summed E-state index contributed by atoms with van der Waals surface area (Å²) in [6.07, 6.45) is -5.00. The summed E-state index contributed by atoms with van der Waals surface area (Å²) in [5, 5.41) is 12.3. The molecule has 2 rings (SSSR count). The third-order valence-electron chi connectivity index (χ3n) is 2.85. The Morgan fingerprint density at radius 3 is 2.25 bits per heavy atom. The predicted molar refractivity (Wildman–Crippen MR) is 80.2 cm³/mol. The molecule has 0 aliphatic rings. The number of anilines is 1. The van der Waals surface area contributed by atoms with Crippen molar-refractivity contribution in [3.8, 4) is 11.8 Å². The van der Waals surface area contributed by atoms with E-state index in [1.165, 1.54) is 42.5 Å². The van der Waals surface area contributed by atoms with Crippen LogP contribution in [0.3, 0.4) is 0 Å². The predicted octanol–water partition coefficient (Wildman–Crippen LogP) is 3.50. The number of nitro benzene ring substituents is 1. The standard InChI is InChI=1S/C16H9F3N2O3/c17-16(18,19)15(22)20-14-4-2-1-3-12(14)8-5-11-6-9-13(10-7-11)21(23)24/h1-4,6-7,9-10H,(H,20,22). The summed E-state index contributed by atoms with van der Waals surface area (Å²) in [6, 6.07) is 11.1. The summed E-state index contributed by atoms with van der Waals surface area (Å²) in [6.45, 7) is 0. The SMILES string of the molecule is O=C(Nc1ccccc1C#Cc1ccc([N+](=O)[O-])cc1)C(F)(F)F. The molecule has 0 atom stereocenters. The molecule has 1 N–H and O–H groups in total. The van der Waals surface area contributed by atoms with Gasteiger partial charge in [0.25, 0.3) is 5.69 Å². The Kier molecular flexibility index (Phi) is 4.84. The summed E-state index contributed by atoms with van der Waals surface area (Å²) in [5.74, 6) is 3.22. The van der Waals surface area contributed by atoms with Crippen molar-refractivity contribution in [1.29, 1.82) is 0 Å². The van der Waals surface area contributed by atoms with E-state index in [1.807, 2.05) is 0 Å². The van der Waals surface area contributed by atoms with E-state index < -0.39 is 17.0 Å². The van der Waals surface area contributed by atoms with Gasteiger partial charge >= 0.3 is 12.1 Å². The molecule has 0 aromatic heterocycles. The van der Waals surface area contributed by atoms with Crippen LogP contribution in [-0.4, -0.2) is 17.0 Å². The van der Waals surface area contributed by atoms with E-state index in [4.69, 9.17) is 0 Å². The molecule has 0 saturated carbocycles. The highest BCUT2D eigenvalue weighted by Crippen LogP contribution is 2.20. The van der Waals surface area contributed by atoms with Crippen LogP contribution in [0.5, 0.6) is 0 Å². The maximum Gasteiger partial charge on any atom is 0.471 e. The van der Waals surface area contributed by atoms with Gasteiger partial charge in [-0.3, -0.25) is 14.9 Å². The topological polar surface area (TPSA) is 72.2 Å². The van der Waals surface area contributed by atoms with Gasteiger partial charge in [0.05, 0.1) is 10.6 Å². The van der Waals surface area contributed by atoms with Crippen LogP contribution in [0, 0.1) is 22.0 Å². The van der Waals surface area contributed by atoms with Crippen LogP contribution >= 0.6 is 0 Å². The van der Waals surface area contributed by atoms with Gasteiger partial charge < -0.3 is 5.32 Å². The summed E-state index contributed by atoms with van der Waals surface area (Å²) in [4.78, 5) is 21.0. The number of amides is 1. The minimum atomic E-state index is -5.00. The first-order valence-corrected chi connectivity index (χ1v) is 6.51. The number of nitro groups is 1. The Hall–Kier alpha value is -3.34. The summed E-state index contributed by atoms with van der Waals surface area (Å²) in [5.41, 5.74) is 0.457. The molecule has 0 heterocycles. The van der Waals surface area contributed by atoms with Crippen LogP contribution in [-0.2, 0) is 4.79 Å². The molecule has 0 bridgehead atoms. The van der Waals surface area contributed by atoms with Crippen LogP contribution in [0.1, 0.15) is 11.1 Å². The highest BCUT2D eigenvalue weighted by atomic mass is 19.4. The zero-order chi connectivity index (χ0) is 17.7. The van der Waals surface area contributed by atoms with Crippen molar-refractivity contribution < 1.29 is 22.9 Å². The molecule has 5 nitrogen and oxygen atoms in total. The van der Waals surface area contributed by atoms with Crippen molar-refractivity contribution in [1.82, 2.24) is 0 Å². The number of para-hydroxylation sites is 1. The fraction of sp³-hybridized carbons (Fsp3) is 0.0625. The Morgan fingerprint density at radius 1 is 1.04 bits per heavy atom. The van der Waals surface area contributed by atoms with E-state index in [1.54, 1.807) is 11.4 Å². The van der Waals surface area contributed by atoms with Gasteiger partial charge in [-0.25, -0.2) is 0 Å². The van der Waals surface area contributed by atoms with E-state index in [0.29, 0.717) is 5.56 Å². The first kappa shape index (κ1) is 17.0. The zero-order valence-electron chi connectivity index (χ0n) is 11.9. The van der Waals surface area contributed by atoms with E-state index in [0.717, 1.165) is 0 Å². The number of carbonyl (C=O) groups excluding carboxylic acids is 1. The van der Waals surface area contributed by atoms with Crippen molar-refractivity contribution in [2.75, 3.05) is 5.32 Å². The lowest BCUT2D eigenvalue weighted by atomic mass is 10.1. The fourth-order valence-corrected chi connectivity index (χ4v) is 1.70. The molecule has 2 aromatic rings. The van der Waals surface area contributed by atoms with Crippen molar-refractivity contribution >= 4 is 17.3 Å². The molecule has 8 heteroatoms. The van der Waals surface area contributed by atoms with Gasteiger partial charge in [-0.15, -0.1) is 0 Å². The lowest BCUT2D eigenvalue weighted by Gasteiger charge is -2.09. The van der Waals surface area contributed by atoms with Gasteiger partial charge in [0.2, 0.25) is 0 Å². The Balaban J connectivity index is 2.25. The summed E-state index contributed by atoms with van der Waals surface area (Å²) < 4.78 is 37.0. The second kappa shape index (κ2) is 6.83. The molecule has 0 unspecified atom stereocenters. The van der Waals surface area contributed by atoms with Crippen LogP contribution in [0.2, 0.25) is 0 Å². The van der Waals surface area contributed by atoms with Crippen LogP contribution in [0.4, 0.5) is 24.5 Å². The van der Waals surface area contributed by atoms with Gasteiger partial charge in [0, 0.05) is 23.3 Å². The van der Waals surface area contributed by atoms with E-state index in [9.17, 15) is 28.1 Å². The maximum atomic E-state index is 12.3. The molecule has 0 fully saturated rings. The summed E-state index contributed by atoms with van der Waals surface area (Å²) >= 11 is 0. The molecule has 0 spiro atoms. The molecule has 2 aromatic carbocycles. The lowest BCUT2D eigenvalue weighted by molar-refractivity contribution is -0.384. The molecule has 0 radical (unpaired) electrons. The Labute approximate surface area is 134 Å². The molecule has 24 heavy (non-hydrogen) atoms. The van der Waals surface area contributed by atoms with Crippen molar-refractivity contribution in [2.24, 2.45) is 0 Å². The van der Waals surface area contributed by atoms with E-state index >= 15 is 0 Å². The number of carbonyl (C=O) groups is 1. The molecular formula is C16H9F3N2O3. The number of hydrogen-bond donors (Lipinski definition) is 1. The minimum Gasteiger partial charge on any atom is -0.317 e. The lowest BCUT2D eigenvalue weighted by Crippen LogP contribution is -2.30. The smallest absolute Gasteiger partial charge is 0.317 e. The molecule has 1 amide bonds. The Morgan fingerprint density at radius 2 is 1.67 bits per heavy atom. The fourth-order valence-electron chi connectivity index (χ4n) is 1.70. The number of hydrogen-bond acceptors (Lipinski definition) is 3. The molecule has 122 valence electrons. The van der Waals surface area contributed by atoms with Crippen molar-refractivity contribution in [3.05, 3.63) is 69.8 Å². The summed E-state index contributed by atoms with van der Waals surface area (Å²) in [7, 11) is 0. The van der Waals surface area contributed by atoms with Gasteiger partial charge in [0.1, 0.15) is 0 Å². The number of nitrogens with zero attached hydrogens (tertiary/aromatic N) is 1. The maximum absolute atomic E-state index is 12.3. The van der Waals surface area contributed by atoms with Gasteiger partial charge in [0.15, 0.2) is 0 Å². The quantitative estimate of drug-likeness (QED) is 0.519. The third kappa shape index (κ3) is 4.33. The second-order valence-corrected chi connectivity index (χ2v) is 4.55. The Bertz CT molecular complexity index is 834. The van der Waals surface area contributed by atoms with Crippen LogP contribution in [0.25, 0.3) is 0 Å². The van der Waals surface area contributed by atoms with Gasteiger partial charge in [-0.05, 0) is 24.3 Å². The van der Waals surface area contributed by atoms with Gasteiger partial charge in [-0.1, -0.05) is 24.0 Å². The van der Waals surface area contributed by atoms with E-state index in [-0.39, 0.29) is 16.9 Å². The van der Waals surface area contributed by atoms with Crippen molar-refractivity contribution in [3.63, 3.8) is 0 Å². The monoisotopic (exact) mass is 334 g/mol. The highest BCUT2D eigenvalue weighted by molar-refractivity contribution is 5.96. The van der Waals surface area contributed by atoms with E-state index in [2.05, 4.69) is 11.8 Å². The molecular weight excluding hydrogens is 325 g/mol. The molecule has 0 aliphatic heterocycles. The second-order valence-electron chi connectivity index (χ2n) is 4.55. The number of alkyl halides is 3. The van der Waals surface area contributed by atoms with Gasteiger partial charge in [-0.2, -0.15) is 13.2 Å². The number of benzene rings is 2. The first-order valence-electron chi connectivity index (χ1n) is 6.51. The number of non-ortho nitro benzene ring substituents is 1. The highest BCUT2D eigenvalue weighted by Gasteiger charge is 2.38.